The Labute approximate surface area is 421 Å². The molecule has 27 nitrogen and oxygen atoms in total. The Balaban J connectivity index is 1.08. The van der Waals surface area contributed by atoms with Gasteiger partial charge in [0.1, 0.15) is 27.0 Å². The standard InChI is InChI=1S/C42H37N11O16S5/c1-23-19-36(24(2)18-35(23)51-50-34-15-9-30(22-37(34)72(60,61)62)49-48-28-6-12-32(13-7-28)71(57,58)59)52-53-39-38(73(63,64)65)21-26-20-29(8-14-33(26)40(39)54)46-42-44-25(3)43-41(47-42)45-27-4-10-31(11-5-27)70(55,56)17-16-69-74(66,67)68/h4-15,18-22,54H,16-17H2,1-3H3,(H,57,58,59)(H,60,61,62)(H,63,64,65)(H,66,67,68)(H2,43,44,45,46,47). The number of fused-ring (bicyclic) bond motifs is 1. The third kappa shape index (κ3) is 13.7. The van der Waals surface area contributed by atoms with Gasteiger partial charge in [0.2, 0.25) is 11.9 Å². The number of phenolic OH excluding ortho intramolecular Hbond substituents is 1. The van der Waals surface area contributed by atoms with Crippen LogP contribution in [0, 0.1) is 20.8 Å². The van der Waals surface area contributed by atoms with Crippen molar-refractivity contribution in [1.82, 2.24) is 15.0 Å². The fraction of sp³-hybridized carbons (Fsp3) is 0.119. The van der Waals surface area contributed by atoms with E-state index in [4.69, 9.17) is 9.11 Å². The van der Waals surface area contributed by atoms with Gasteiger partial charge in [0, 0.05) is 16.8 Å². The van der Waals surface area contributed by atoms with Gasteiger partial charge in [-0.15, -0.1) is 10.2 Å². The topological polar surface area (TPSA) is 418 Å². The largest absolute Gasteiger partial charge is 0.505 e. The van der Waals surface area contributed by atoms with Crippen LogP contribution in [0.15, 0.2) is 153 Å². The molecule has 0 aliphatic rings. The minimum atomic E-state index is -5.05. The van der Waals surface area contributed by atoms with Crippen LogP contribution in [-0.2, 0) is 54.8 Å². The summed E-state index contributed by atoms with van der Waals surface area (Å²) in [7, 11) is -23.2. The number of phenols is 1. The van der Waals surface area contributed by atoms with Gasteiger partial charge in [-0.3, -0.25) is 18.2 Å². The van der Waals surface area contributed by atoms with Crippen LogP contribution in [0.2, 0.25) is 0 Å². The summed E-state index contributed by atoms with van der Waals surface area (Å²) >= 11 is 0. The second kappa shape index (κ2) is 21.1. The Morgan fingerprint density at radius 1 is 0.514 bits per heavy atom. The molecule has 0 bridgehead atoms. The van der Waals surface area contributed by atoms with E-state index in [-0.39, 0.29) is 66.7 Å². The van der Waals surface area contributed by atoms with Gasteiger partial charge in [0.15, 0.2) is 15.6 Å². The summed E-state index contributed by atoms with van der Waals surface area (Å²) < 4.78 is 162. The summed E-state index contributed by atoms with van der Waals surface area (Å²) in [5, 5.41) is 41.6. The molecule has 0 aliphatic heterocycles. The first kappa shape index (κ1) is 54.1. The van der Waals surface area contributed by atoms with Gasteiger partial charge in [0.05, 0.1) is 44.9 Å². The van der Waals surface area contributed by atoms with Crippen LogP contribution in [0.5, 0.6) is 5.75 Å². The number of nitrogens with one attached hydrogen (secondary N) is 2. The highest BCUT2D eigenvalue weighted by Crippen LogP contribution is 2.43. The smallest absolute Gasteiger partial charge is 0.397 e. The van der Waals surface area contributed by atoms with Crippen molar-refractivity contribution in [1.29, 1.82) is 0 Å². The monoisotopic (exact) mass is 1110 g/mol. The van der Waals surface area contributed by atoms with Crippen molar-refractivity contribution in [2.24, 2.45) is 30.7 Å². The quantitative estimate of drug-likeness (QED) is 0.0312. The summed E-state index contributed by atoms with van der Waals surface area (Å²) in [5.41, 5.74) is 1.06. The van der Waals surface area contributed by atoms with E-state index in [1.807, 2.05) is 0 Å². The van der Waals surface area contributed by atoms with E-state index in [2.05, 4.69) is 60.5 Å². The molecule has 0 spiro atoms. The summed E-state index contributed by atoms with van der Waals surface area (Å²) in [6.45, 7) is 3.95. The maximum Gasteiger partial charge on any atom is 0.397 e. The fourth-order valence-electron chi connectivity index (χ4n) is 6.55. The fourth-order valence-corrected chi connectivity index (χ4v) is 9.82. The molecule has 32 heteroatoms. The number of hydrogen-bond acceptors (Lipinski definition) is 23. The molecule has 0 atom stereocenters. The van der Waals surface area contributed by atoms with Gasteiger partial charge in [0.25, 0.3) is 30.4 Å². The van der Waals surface area contributed by atoms with Gasteiger partial charge in [-0.1, -0.05) is 0 Å². The van der Waals surface area contributed by atoms with Crippen LogP contribution in [-0.4, -0.2) is 92.7 Å². The number of sulfone groups is 1. The van der Waals surface area contributed by atoms with Crippen molar-refractivity contribution >= 4 is 119 Å². The Kier molecular flexibility index (Phi) is 15.4. The lowest BCUT2D eigenvalue weighted by molar-refractivity contribution is 0.284. The maximum atomic E-state index is 12.7. The summed E-state index contributed by atoms with van der Waals surface area (Å²) in [4.78, 5) is 10.8. The molecule has 0 amide bonds. The van der Waals surface area contributed by atoms with E-state index in [0.29, 0.717) is 22.5 Å². The van der Waals surface area contributed by atoms with Gasteiger partial charge < -0.3 is 15.7 Å². The van der Waals surface area contributed by atoms with Crippen LogP contribution in [0.3, 0.4) is 0 Å². The zero-order valence-corrected chi connectivity index (χ0v) is 42.1. The summed E-state index contributed by atoms with van der Waals surface area (Å²) in [6, 6.07) is 21.8. The molecule has 0 radical (unpaired) electrons. The average Bonchev–Trinajstić information content (AvgIpc) is 3.29. The number of aromatic nitrogens is 3. The zero-order valence-electron chi connectivity index (χ0n) is 38.0. The molecule has 0 fully saturated rings. The molecule has 1 heterocycles. The molecule has 0 saturated carbocycles. The second-order valence-corrected chi connectivity index (χ2v) is 22.9. The van der Waals surface area contributed by atoms with E-state index < -0.39 is 84.2 Å². The van der Waals surface area contributed by atoms with Crippen molar-refractivity contribution in [2.75, 3.05) is 23.0 Å². The van der Waals surface area contributed by atoms with E-state index in [9.17, 15) is 56.3 Å². The van der Waals surface area contributed by atoms with Crippen molar-refractivity contribution in [2.45, 2.75) is 40.4 Å². The number of azo groups is 3. The van der Waals surface area contributed by atoms with Crippen LogP contribution in [0.1, 0.15) is 17.0 Å². The Morgan fingerprint density at radius 3 is 1.62 bits per heavy atom. The van der Waals surface area contributed by atoms with Crippen molar-refractivity contribution in [3.05, 3.63) is 120 Å². The first-order valence-corrected chi connectivity index (χ1v) is 27.9. The predicted molar refractivity (Wildman–Crippen MR) is 264 cm³/mol. The van der Waals surface area contributed by atoms with Crippen LogP contribution in [0.25, 0.3) is 10.8 Å². The van der Waals surface area contributed by atoms with Crippen LogP contribution in [0.4, 0.5) is 57.4 Å². The maximum absolute atomic E-state index is 12.7. The van der Waals surface area contributed by atoms with E-state index in [1.54, 1.807) is 20.8 Å². The van der Waals surface area contributed by atoms with Crippen molar-refractivity contribution in [3.63, 3.8) is 0 Å². The molecule has 6 aromatic carbocycles. The lowest BCUT2D eigenvalue weighted by Crippen LogP contribution is -2.15. The first-order chi connectivity index (χ1) is 34.5. The number of aryl methyl sites for hydroxylation is 3. The Hall–Kier alpha value is -7.66. The summed E-state index contributed by atoms with van der Waals surface area (Å²) in [5.74, 6) is -1.12. The van der Waals surface area contributed by atoms with Crippen molar-refractivity contribution < 1.29 is 69.6 Å². The molecule has 0 aliphatic carbocycles. The van der Waals surface area contributed by atoms with Gasteiger partial charge in [-0.2, -0.15) is 69.1 Å². The number of hydrogen-bond donors (Lipinski definition) is 7. The molecule has 0 saturated heterocycles. The molecule has 74 heavy (non-hydrogen) atoms. The predicted octanol–water partition coefficient (Wildman–Crippen LogP) is 8.72. The first-order valence-electron chi connectivity index (χ1n) is 20.6. The van der Waals surface area contributed by atoms with Crippen LogP contribution >= 0.6 is 0 Å². The van der Waals surface area contributed by atoms with Crippen molar-refractivity contribution in [3.8, 4) is 5.75 Å². The number of benzene rings is 6. The minimum Gasteiger partial charge on any atom is -0.505 e. The van der Waals surface area contributed by atoms with Gasteiger partial charge in [-0.25, -0.2) is 12.6 Å². The highest BCUT2D eigenvalue weighted by atomic mass is 32.3. The number of nitrogens with zero attached hydrogens (tertiary/aromatic N) is 9. The molecule has 1 aromatic heterocycles. The van der Waals surface area contributed by atoms with Gasteiger partial charge in [-0.05, 0) is 140 Å². The summed E-state index contributed by atoms with van der Waals surface area (Å²) in [6.07, 6.45) is 0. The molecule has 7 aromatic rings. The van der Waals surface area contributed by atoms with Crippen LogP contribution < -0.4 is 10.6 Å². The molecule has 7 N–H and O–H groups in total. The average molecular weight is 1110 g/mol. The van der Waals surface area contributed by atoms with Gasteiger partial charge >= 0.3 is 10.4 Å². The SMILES string of the molecule is Cc1nc(Nc2ccc(S(=O)(=O)CCOS(=O)(=O)O)cc2)nc(Nc2ccc3c(O)c(N=Nc4cc(C)c(N=Nc5ccc(N=Nc6ccc(S(=O)(=O)O)cc6)cc5S(=O)(=O)O)cc4C)c(S(=O)(=O)O)cc3c2)n1. The molecule has 7 rings (SSSR count). The third-order valence-electron chi connectivity index (χ3n) is 10.1. The van der Waals surface area contributed by atoms with E-state index in [0.717, 1.165) is 24.3 Å². The van der Waals surface area contributed by atoms with E-state index in [1.165, 1.54) is 78.9 Å². The normalized spacial score (nSPS) is 12.9. The molecule has 386 valence electrons. The zero-order chi connectivity index (χ0) is 54.0. The number of aromatic hydroxyl groups is 1. The van der Waals surface area contributed by atoms with E-state index >= 15 is 0 Å². The molecular formula is C42H37N11O16S5. The number of anilines is 4. The highest BCUT2D eigenvalue weighted by Gasteiger charge is 2.24. The highest BCUT2D eigenvalue weighted by molar-refractivity contribution is 7.91. The molecule has 0 unspecified atom stereocenters. The second-order valence-electron chi connectivity index (χ2n) is 15.5. The molecular weight excluding hydrogens is 1070 g/mol. The lowest BCUT2D eigenvalue weighted by Gasteiger charge is -2.12. The third-order valence-corrected chi connectivity index (χ3v) is 14.8. The minimum absolute atomic E-state index is 0.00538. The number of rotatable bonds is 18. The Morgan fingerprint density at radius 2 is 1.04 bits per heavy atom. The Bertz CT molecular complexity index is 4050. The lowest BCUT2D eigenvalue weighted by atomic mass is 10.1.